The molecule has 0 saturated carbocycles. The Labute approximate surface area is 122 Å². The topological polar surface area (TPSA) is 44.4 Å². The van der Waals surface area contributed by atoms with Crippen LogP contribution in [0.4, 0.5) is 18.9 Å². The number of hydrogen-bond donors (Lipinski definition) is 2. The summed E-state index contributed by atoms with van der Waals surface area (Å²) in [5, 5.41) is 5.17. The monoisotopic (exact) mass is 303 g/mol. The van der Waals surface area contributed by atoms with Crippen LogP contribution in [0.5, 0.6) is 0 Å². The second kappa shape index (κ2) is 6.80. The van der Waals surface area contributed by atoms with E-state index in [9.17, 15) is 18.0 Å². The summed E-state index contributed by atoms with van der Waals surface area (Å²) in [7, 11) is 5.07. The molecule has 2 N–H and O–H groups in total. The van der Waals surface area contributed by atoms with Crippen molar-refractivity contribution in [3.05, 3.63) is 29.3 Å². The van der Waals surface area contributed by atoms with Gasteiger partial charge in [0.1, 0.15) is 0 Å². The fraction of sp³-hybridized carbons (Fsp3) is 0.500. The molecule has 1 unspecified atom stereocenters. The molecular weight excluding hydrogens is 283 g/mol. The SMILES string of the molecule is CNc1c(C(=O)NC(C)CN(C)C)cccc1C(F)(F)F. The third-order valence-electron chi connectivity index (χ3n) is 2.88. The van der Waals surface area contributed by atoms with Gasteiger partial charge in [0.15, 0.2) is 0 Å². The second-order valence-electron chi connectivity index (χ2n) is 5.11. The van der Waals surface area contributed by atoms with Crippen LogP contribution in [0.1, 0.15) is 22.8 Å². The molecule has 0 aliphatic rings. The van der Waals surface area contributed by atoms with Gasteiger partial charge in [0.05, 0.1) is 16.8 Å². The van der Waals surface area contributed by atoms with Crippen molar-refractivity contribution < 1.29 is 18.0 Å². The van der Waals surface area contributed by atoms with Crippen LogP contribution >= 0.6 is 0 Å². The summed E-state index contributed by atoms with van der Waals surface area (Å²) in [5.41, 5.74) is -1.07. The number of para-hydroxylation sites is 1. The van der Waals surface area contributed by atoms with Crippen molar-refractivity contribution in [2.45, 2.75) is 19.1 Å². The number of nitrogens with zero attached hydrogens (tertiary/aromatic N) is 1. The van der Waals surface area contributed by atoms with Gasteiger partial charge in [0.25, 0.3) is 5.91 Å². The molecule has 0 aromatic heterocycles. The zero-order valence-electron chi connectivity index (χ0n) is 12.5. The Balaban J connectivity index is 3.05. The van der Waals surface area contributed by atoms with Crippen molar-refractivity contribution in [2.75, 3.05) is 33.0 Å². The largest absolute Gasteiger partial charge is 0.418 e. The number of hydrogen-bond acceptors (Lipinski definition) is 3. The minimum atomic E-state index is -4.51. The maximum atomic E-state index is 12.9. The molecule has 118 valence electrons. The summed E-state index contributed by atoms with van der Waals surface area (Å²) >= 11 is 0. The van der Waals surface area contributed by atoms with E-state index in [1.54, 1.807) is 6.92 Å². The minimum absolute atomic E-state index is 0.0158. The van der Waals surface area contributed by atoms with Crippen LogP contribution in [0.15, 0.2) is 18.2 Å². The normalized spacial score (nSPS) is 13.1. The molecule has 0 bridgehead atoms. The number of halogens is 3. The molecule has 0 radical (unpaired) electrons. The summed E-state index contributed by atoms with van der Waals surface area (Å²) in [4.78, 5) is 14.0. The summed E-state index contributed by atoms with van der Waals surface area (Å²) in [6.07, 6.45) is -4.51. The van der Waals surface area contributed by atoms with E-state index >= 15 is 0 Å². The standard InChI is InChI=1S/C14H20F3N3O/c1-9(8-20(3)4)19-13(21)10-6-5-7-11(12(10)18-2)14(15,16)17/h5-7,9,18H,8H2,1-4H3,(H,19,21). The fourth-order valence-electron chi connectivity index (χ4n) is 2.14. The lowest BCUT2D eigenvalue weighted by Crippen LogP contribution is -2.39. The highest BCUT2D eigenvalue weighted by molar-refractivity contribution is 6.00. The maximum absolute atomic E-state index is 12.9. The smallest absolute Gasteiger partial charge is 0.387 e. The van der Waals surface area contributed by atoms with Crippen LogP contribution in [0.2, 0.25) is 0 Å². The minimum Gasteiger partial charge on any atom is -0.387 e. The molecule has 0 aliphatic carbocycles. The zero-order valence-corrected chi connectivity index (χ0v) is 12.5. The summed E-state index contributed by atoms with van der Waals surface area (Å²) in [5.74, 6) is -0.528. The Hall–Kier alpha value is -1.76. The van der Waals surface area contributed by atoms with Crippen molar-refractivity contribution in [3.8, 4) is 0 Å². The van der Waals surface area contributed by atoms with E-state index in [1.807, 2.05) is 19.0 Å². The zero-order chi connectivity index (χ0) is 16.2. The van der Waals surface area contributed by atoms with Gasteiger partial charge in [-0.25, -0.2) is 0 Å². The number of alkyl halides is 3. The molecule has 21 heavy (non-hydrogen) atoms. The Morgan fingerprint density at radius 1 is 1.33 bits per heavy atom. The lowest BCUT2D eigenvalue weighted by atomic mass is 10.1. The number of benzene rings is 1. The van der Waals surface area contributed by atoms with E-state index in [-0.39, 0.29) is 17.3 Å². The number of amides is 1. The highest BCUT2D eigenvalue weighted by atomic mass is 19.4. The summed E-state index contributed by atoms with van der Waals surface area (Å²) in [6, 6.07) is 3.38. The molecule has 1 amide bonds. The highest BCUT2D eigenvalue weighted by Gasteiger charge is 2.35. The van der Waals surface area contributed by atoms with Crippen molar-refractivity contribution in [3.63, 3.8) is 0 Å². The summed E-state index contributed by atoms with van der Waals surface area (Å²) < 4.78 is 38.8. The van der Waals surface area contributed by atoms with Gasteiger partial charge in [0.2, 0.25) is 0 Å². The van der Waals surface area contributed by atoms with Crippen LogP contribution in [0, 0.1) is 0 Å². The number of carbonyl (C=O) groups is 1. The molecule has 0 heterocycles. The molecule has 7 heteroatoms. The molecule has 0 aliphatic heterocycles. The predicted octanol–water partition coefficient (Wildman–Crippen LogP) is 2.43. The number of rotatable bonds is 5. The van der Waals surface area contributed by atoms with Crippen molar-refractivity contribution in [1.29, 1.82) is 0 Å². The predicted molar refractivity (Wildman–Crippen MR) is 76.5 cm³/mol. The van der Waals surface area contributed by atoms with Crippen LogP contribution in [0.25, 0.3) is 0 Å². The molecule has 0 spiro atoms. The van der Waals surface area contributed by atoms with E-state index in [2.05, 4.69) is 10.6 Å². The van der Waals surface area contributed by atoms with E-state index in [1.165, 1.54) is 19.2 Å². The van der Waals surface area contributed by atoms with Gasteiger partial charge in [-0.15, -0.1) is 0 Å². The van der Waals surface area contributed by atoms with Gasteiger partial charge < -0.3 is 15.5 Å². The van der Waals surface area contributed by atoms with E-state index in [0.29, 0.717) is 6.54 Å². The highest BCUT2D eigenvalue weighted by Crippen LogP contribution is 2.36. The van der Waals surface area contributed by atoms with Crippen LogP contribution < -0.4 is 10.6 Å². The molecular formula is C14H20F3N3O. The Kier molecular flexibility index (Phi) is 5.60. The Morgan fingerprint density at radius 3 is 2.43 bits per heavy atom. The van der Waals surface area contributed by atoms with E-state index in [4.69, 9.17) is 0 Å². The number of anilines is 1. The maximum Gasteiger partial charge on any atom is 0.418 e. The number of likely N-dealkylation sites (N-methyl/N-ethyl adjacent to an activating group) is 1. The summed E-state index contributed by atoms with van der Waals surface area (Å²) in [6.45, 7) is 2.39. The van der Waals surface area contributed by atoms with E-state index in [0.717, 1.165) is 6.07 Å². The number of carbonyl (C=O) groups excluding carboxylic acids is 1. The van der Waals surface area contributed by atoms with Crippen molar-refractivity contribution in [1.82, 2.24) is 10.2 Å². The van der Waals surface area contributed by atoms with Crippen LogP contribution in [-0.2, 0) is 6.18 Å². The van der Waals surface area contributed by atoms with Gasteiger partial charge in [-0.1, -0.05) is 6.07 Å². The lowest BCUT2D eigenvalue weighted by molar-refractivity contribution is -0.136. The van der Waals surface area contributed by atoms with Crippen molar-refractivity contribution in [2.24, 2.45) is 0 Å². The third-order valence-corrected chi connectivity index (χ3v) is 2.88. The average Bonchev–Trinajstić information content (AvgIpc) is 2.35. The molecule has 0 fully saturated rings. The first kappa shape index (κ1) is 17.3. The molecule has 1 aromatic rings. The fourth-order valence-corrected chi connectivity index (χ4v) is 2.14. The van der Waals surface area contributed by atoms with Gasteiger partial charge >= 0.3 is 6.18 Å². The molecule has 1 aromatic carbocycles. The van der Waals surface area contributed by atoms with Gasteiger partial charge in [-0.3, -0.25) is 4.79 Å². The first-order chi connectivity index (χ1) is 9.66. The third kappa shape index (κ3) is 4.63. The average molecular weight is 303 g/mol. The van der Waals surface area contributed by atoms with E-state index < -0.39 is 17.6 Å². The van der Waals surface area contributed by atoms with Crippen LogP contribution in [-0.4, -0.2) is 44.5 Å². The quantitative estimate of drug-likeness (QED) is 0.878. The Bertz CT molecular complexity index is 501. The second-order valence-corrected chi connectivity index (χ2v) is 5.11. The number of nitrogens with one attached hydrogen (secondary N) is 2. The van der Waals surface area contributed by atoms with Gasteiger partial charge in [-0.05, 0) is 33.2 Å². The first-order valence-electron chi connectivity index (χ1n) is 6.50. The molecule has 4 nitrogen and oxygen atoms in total. The van der Waals surface area contributed by atoms with Gasteiger partial charge in [0, 0.05) is 19.6 Å². The lowest BCUT2D eigenvalue weighted by Gasteiger charge is -2.20. The molecule has 0 saturated heterocycles. The Morgan fingerprint density at radius 2 is 1.95 bits per heavy atom. The first-order valence-corrected chi connectivity index (χ1v) is 6.50. The van der Waals surface area contributed by atoms with Crippen molar-refractivity contribution >= 4 is 11.6 Å². The van der Waals surface area contributed by atoms with Gasteiger partial charge in [-0.2, -0.15) is 13.2 Å². The molecule has 1 rings (SSSR count). The molecule has 1 atom stereocenters. The van der Waals surface area contributed by atoms with Crippen LogP contribution in [0.3, 0.4) is 0 Å².